The molecule has 0 atom stereocenters. The third kappa shape index (κ3) is 3.56. The minimum absolute atomic E-state index is 1.27. The van der Waals surface area contributed by atoms with Crippen molar-refractivity contribution in [3.63, 3.8) is 0 Å². The minimum atomic E-state index is 1.27. The molecule has 0 aliphatic rings. The molecule has 54 valence electrons. The summed E-state index contributed by atoms with van der Waals surface area (Å²) in [6.07, 6.45) is 0. The Morgan fingerprint density at radius 1 is 1.00 bits per heavy atom. The summed E-state index contributed by atoms with van der Waals surface area (Å²) in [5, 5.41) is 0. The van der Waals surface area contributed by atoms with E-state index in [-0.39, 0.29) is 0 Å². The van der Waals surface area contributed by atoms with Crippen LogP contribution in [0.1, 0.15) is 5.56 Å². The van der Waals surface area contributed by atoms with Crippen molar-refractivity contribution in [1.29, 1.82) is 0 Å². The molecule has 1 aromatic rings. The van der Waals surface area contributed by atoms with E-state index in [1.807, 2.05) is 43.2 Å². The third-order valence-corrected chi connectivity index (χ3v) is 1.38. The maximum atomic E-state index is 2.08. The molecule has 0 N–H and O–H groups in total. The number of rotatable bonds is 0. The van der Waals surface area contributed by atoms with Crippen LogP contribution in [0.25, 0.3) is 0 Å². The van der Waals surface area contributed by atoms with E-state index in [0.29, 0.717) is 0 Å². The molecule has 0 fully saturated rings. The molecular formula is C10H11B. The molecule has 0 saturated heterocycles. The van der Waals surface area contributed by atoms with Crippen LogP contribution < -0.4 is 0 Å². The Kier molecular flexibility index (Phi) is 3.40. The predicted molar refractivity (Wildman–Crippen MR) is 50.2 cm³/mol. The summed E-state index contributed by atoms with van der Waals surface area (Å²) < 4.78 is 0. The average molecular weight is 142 g/mol. The molecule has 1 rings (SSSR count). The van der Waals surface area contributed by atoms with Crippen molar-refractivity contribution in [1.82, 2.24) is 0 Å². The molecule has 0 amide bonds. The van der Waals surface area contributed by atoms with Gasteiger partial charge in [0, 0.05) is 0 Å². The van der Waals surface area contributed by atoms with Crippen molar-refractivity contribution in [2.75, 3.05) is 0 Å². The molecule has 0 unspecified atom stereocenters. The van der Waals surface area contributed by atoms with Gasteiger partial charge >= 0.3 is 67.7 Å². The van der Waals surface area contributed by atoms with Crippen molar-refractivity contribution in [3.8, 4) is 0 Å². The third-order valence-electron chi connectivity index (χ3n) is 1.38. The summed E-state index contributed by atoms with van der Waals surface area (Å²) in [4.78, 5) is 0. The molecule has 0 radical (unpaired) electrons. The SMILES string of the molecule is Cc1cbccccccc1. The number of hydrogen-bond donors (Lipinski definition) is 0. The van der Waals surface area contributed by atoms with E-state index in [0.717, 1.165) is 0 Å². The molecule has 0 aliphatic carbocycles. The molecule has 0 bridgehead atoms. The Morgan fingerprint density at radius 3 is 2.64 bits per heavy atom. The van der Waals surface area contributed by atoms with Crippen molar-refractivity contribution in [2.24, 2.45) is 0 Å². The molecule has 0 spiro atoms. The zero-order chi connectivity index (χ0) is 7.94. The normalized spacial score (nSPS) is 8.09. The van der Waals surface area contributed by atoms with Crippen LogP contribution in [-0.4, -0.2) is 6.91 Å². The molecule has 0 aromatic carbocycles. The summed E-state index contributed by atoms with van der Waals surface area (Å²) in [5.74, 6) is 4.10. The van der Waals surface area contributed by atoms with E-state index in [1.165, 1.54) is 5.56 Å². The van der Waals surface area contributed by atoms with Gasteiger partial charge in [0.15, 0.2) is 0 Å². The Hall–Kier alpha value is -1.11. The van der Waals surface area contributed by atoms with Gasteiger partial charge in [-0.05, 0) is 0 Å². The molecule has 1 heteroatoms. The standard InChI is InChI=1S/C10H11B/c1-10-7-5-3-2-4-6-8-11-9-10/h2-9H,1H3. The Bertz CT molecular complexity index is 242. The van der Waals surface area contributed by atoms with Gasteiger partial charge in [0.2, 0.25) is 0 Å². The van der Waals surface area contributed by atoms with Crippen LogP contribution in [0.15, 0.2) is 48.3 Å². The zero-order valence-corrected chi connectivity index (χ0v) is 6.70. The molecule has 11 heavy (non-hydrogen) atoms. The topological polar surface area (TPSA) is 0 Å². The van der Waals surface area contributed by atoms with Crippen LogP contribution in [0.2, 0.25) is 0 Å². The van der Waals surface area contributed by atoms with E-state index in [4.69, 9.17) is 0 Å². The van der Waals surface area contributed by atoms with Crippen LogP contribution in [0.5, 0.6) is 0 Å². The molecule has 0 nitrogen and oxygen atoms in total. The summed E-state index contributed by atoms with van der Waals surface area (Å²) in [6.45, 7) is 4.12. The van der Waals surface area contributed by atoms with Crippen molar-refractivity contribution in [3.05, 3.63) is 53.9 Å². The van der Waals surface area contributed by atoms with Crippen molar-refractivity contribution in [2.45, 2.75) is 6.92 Å². The summed E-state index contributed by atoms with van der Waals surface area (Å²) in [6, 6.07) is 12.2. The van der Waals surface area contributed by atoms with E-state index in [9.17, 15) is 0 Å². The van der Waals surface area contributed by atoms with E-state index in [2.05, 4.69) is 19.0 Å². The monoisotopic (exact) mass is 142 g/mol. The van der Waals surface area contributed by atoms with Crippen molar-refractivity contribution >= 4 is 6.91 Å². The van der Waals surface area contributed by atoms with Crippen LogP contribution in [0.4, 0.5) is 0 Å². The first-order valence-electron chi connectivity index (χ1n) is 3.74. The Balaban J connectivity index is 3.11. The molecular weight excluding hydrogens is 131 g/mol. The van der Waals surface area contributed by atoms with Gasteiger partial charge < -0.3 is 0 Å². The van der Waals surface area contributed by atoms with Crippen LogP contribution in [0, 0.1) is 6.92 Å². The first-order chi connectivity index (χ1) is 5.39. The first kappa shape index (κ1) is 8.00. The fourth-order valence-corrected chi connectivity index (χ4v) is 0.791. The Morgan fingerprint density at radius 2 is 1.73 bits per heavy atom. The molecule has 0 aliphatic heterocycles. The predicted octanol–water partition coefficient (Wildman–Crippen LogP) is 2.46. The number of aryl methyl sites for hydroxylation is 1. The molecule has 1 heterocycles. The van der Waals surface area contributed by atoms with Crippen LogP contribution >= 0.6 is 0 Å². The van der Waals surface area contributed by atoms with E-state index >= 15 is 0 Å². The fraction of sp³-hybridized carbons (Fsp3) is 0.100. The first-order valence-corrected chi connectivity index (χ1v) is 3.74. The average Bonchev–Trinajstić information content (AvgIpc) is 2.03. The fourth-order valence-electron chi connectivity index (χ4n) is 0.791. The zero-order valence-electron chi connectivity index (χ0n) is 6.70. The maximum absolute atomic E-state index is 2.08. The molecule has 0 saturated carbocycles. The number of hydrogen-bond acceptors (Lipinski definition) is 0. The summed E-state index contributed by atoms with van der Waals surface area (Å²) >= 11 is 0. The van der Waals surface area contributed by atoms with E-state index < -0.39 is 0 Å². The van der Waals surface area contributed by atoms with Gasteiger partial charge in [-0.3, -0.25) is 0 Å². The van der Waals surface area contributed by atoms with Gasteiger partial charge in [0.1, 0.15) is 0 Å². The molecule has 1 aromatic heterocycles. The second-order valence-corrected chi connectivity index (χ2v) is 2.42. The van der Waals surface area contributed by atoms with E-state index in [1.54, 1.807) is 0 Å². The summed E-state index contributed by atoms with van der Waals surface area (Å²) in [5.41, 5.74) is 1.27. The second-order valence-electron chi connectivity index (χ2n) is 2.42. The van der Waals surface area contributed by atoms with Crippen LogP contribution in [0.3, 0.4) is 0 Å². The van der Waals surface area contributed by atoms with Gasteiger partial charge in [0.25, 0.3) is 0 Å². The van der Waals surface area contributed by atoms with Gasteiger partial charge in [-0.2, -0.15) is 0 Å². The second kappa shape index (κ2) is 4.67. The van der Waals surface area contributed by atoms with Crippen LogP contribution in [-0.2, 0) is 0 Å². The summed E-state index contributed by atoms with van der Waals surface area (Å²) in [7, 11) is 0. The van der Waals surface area contributed by atoms with Crippen molar-refractivity contribution < 1.29 is 0 Å². The quantitative estimate of drug-likeness (QED) is 0.521. The van der Waals surface area contributed by atoms with Gasteiger partial charge in [-0.15, -0.1) is 0 Å². The van der Waals surface area contributed by atoms with Gasteiger partial charge in [-0.25, -0.2) is 0 Å². The van der Waals surface area contributed by atoms with Gasteiger partial charge in [-0.1, -0.05) is 0 Å². The Labute approximate surface area is 68.4 Å². The van der Waals surface area contributed by atoms with Gasteiger partial charge in [0.05, 0.1) is 0 Å².